The maximum atomic E-state index is 12.9. The summed E-state index contributed by atoms with van der Waals surface area (Å²) in [6.45, 7) is 8.34. The van der Waals surface area contributed by atoms with Gasteiger partial charge in [0.1, 0.15) is 0 Å². The van der Waals surface area contributed by atoms with Crippen LogP contribution in [0.1, 0.15) is 27.9 Å². The zero-order chi connectivity index (χ0) is 21.6. The number of carbonyl (C=O) groups is 1. The normalized spacial score (nSPS) is 15.0. The molecule has 162 valence electrons. The van der Waals surface area contributed by atoms with Crippen LogP contribution in [0.2, 0.25) is 0 Å². The molecule has 2 aromatic carbocycles. The van der Waals surface area contributed by atoms with E-state index in [0.717, 1.165) is 44.8 Å². The Hall–Kier alpha value is -2.42. The van der Waals surface area contributed by atoms with E-state index < -0.39 is 10.0 Å². The van der Waals surface area contributed by atoms with Crippen molar-refractivity contribution in [1.29, 1.82) is 0 Å². The topological polar surface area (TPSA) is 87.7 Å². The van der Waals surface area contributed by atoms with Gasteiger partial charge in [0.25, 0.3) is 15.9 Å². The lowest BCUT2D eigenvalue weighted by atomic mass is 10.1. The van der Waals surface area contributed by atoms with Crippen LogP contribution in [0, 0.1) is 13.8 Å². The lowest BCUT2D eigenvalue weighted by molar-refractivity contribution is 0.0374. The summed E-state index contributed by atoms with van der Waals surface area (Å²) in [5, 5.41) is 2.88. The first-order valence-corrected chi connectivity index (χ1v) is 11.6. The highest BCUT2D eigenvalue weighted by molar-refractivity contribution is 7.92. The van der Waals surface area contributed by atoms with E-state index in [1.54, 1.807) is 31.2 Å². The Morgan fingerprint density at radius 3 is 2.53 bits per heavy atom. The molecule has 0 bridgehead atoms. The summed E-state index contributed by atoms with van der Waals surface area (Å²) in [4.78, 5) is 15.0. The summed E-state index contributed by atoms with van der Waals surface area (Å²) in [5.41, 5.74) is 2.26. The summed E-state index contributed by atoms with van der Waals surface area (Å²) >= 11 is 0. The number of rotatable bonds is 8. The highest BCUT2D eigenvalue weighted by atomic mass is 32.2. The van der Waals surface area contributed by atoms with Crippen LogP contribution in [0.25, 0.3) is 0 Å². The molecular formula is C22H29N3O4S. The maximum absolute atomic E-state index is 12.9. The second-order valence-corrected chi connectivity index (χ2v) is 9.11. The van der Waals surface area contributed by atoms with E-state index >= 15 is 0 Å². The van der Waals surface area contributed by atoms with Gasteiger partial charge in [0, 0.05) is 25.2 Å². The van der Waals surface area contributed by atoms with Crippen molar-refractivity contribution < 1.29 is 17.9 Å². The lowest BCUT2D eigenvalue weighted by Crippen LogP contribution is -2.38. The number of nitrogens with one attached hydrogen (secondary N) is 2. The van der Waals surface area contributed by atoms with Gasteiger partial charge in [-0.15, -0.1) is 0 Å². The zero-order valence-electron chi connectivity index (χ0n) is 17.5. The predicted octanol–water partition coefficient (Wildman–Crippen LogP) is 2.56. The van der Waals surface area contributed by atoms with Crippen LogP contribution < -0.4 is 10.0 Å². The molecule has 8 heteroatoms. The van der Waals surface area contributed by atoms with Crippen molar-refractivity contribution in [2.75, 3.05) is 44.1 Å². The van der Waals surface area contributed by atoms with Crippen molar-refractivity contribution in [3.63, 3.8) is 0 Å². The third-order valence-electron chi connectivity index (χ3n) is 5.17. The SMILES string of the molecule is Cc1ccccc1NS(=O)(=O)c1cc(C(=O)NCCCN2CCOCC2)ccc1C. The number of aryl methyl sites for hydroxylation is 2. The molecule has 1 amide bonds. The van der Waals surface area contributed by atoms with Gasteiger partial charge in [0.2, 0.25) is 0 Å². The van der Waals surface area contributed by atoms with Crippen LogP contribution in [0.3, 0.4) is 0 Å². The van der Waals surface area contributed by atoms with E-state index in [9.17, 15) is 13.2 Å². The van der Waals surface area contributed by atoms with Crippen LogP contribution in [-0.4, -0.2) is 58.6 Å². The molecule has 2 N–H and O–H groups in total. The number of hydrogen-bond donors (Lipinski definition) is 2. The molecule has 0 atom stereocenters. The highest BCUT2D eigenvalue weighted by Crippen LogP contribution is 2.22. The molecule has 0 aliphatic carbocycles. The van der Waals surface area contributed by atoms with Crippen molar-refractivity contribution >= 4 is 21.6 Å². The molecule has 0 saturated carbocycles. The predicted molar refractivity (Wildman–Crippen MR) is 117 cm³/mol. The maximum Gasteiger partial charge on any atom is 0.262 e. The second-order valence-electron chi connectivity index (χ2n) is 7.46. The first-order chi connectivity index (χ1) is 14.4. The average Bonchev–Trinajstić information content (AvgIpc) is 2.73. The van der Waals surface area contributed by atoms with E-state index in [-0.39, 0.29) is 10.8 Å². The summed E-state index contributed by atoms with van der Waals surface area (Å²) < 4.78 is 33.8. The number of nitrogens with zero attached hydrogens (tertiary/aromatic N) is 1. The van der Waals surface area contributed by atoms with Crippen LogP contribution in [0.15, 0.2) is 47.4 Å². The summed E-state index contributed by atoms with van der Waals surface area (Å²) in [6, 6.07) is 11.9. The van der Waals surface area contributed by atoms with E-state index in [2.05, 4.69) is 14.9 Å². The monoisotopic (exact) mass is 431 g/mol. The Labute approximate surface area is 178 Å². The Morgan fingerprint density at radius 2 is 1.80 bits per heavy atom. The average molecular weight is 432 g/mol. The van der Waals surface area contributed by atoms with Crippen molar-refractivity contribution in [2.45, 2.75) is 25.2 Å². The highest BCUT2D eigenvalue weighted by Gasteiger charge is 2.20. The quantitative estimate of drug-likeness (QED) is 0.627. The van der Waals surface area contributed by atoms with Crippen molar-refractivity contribution in [1.82, 2.24) is 10.2 Å². The standard InChI is InChI=1S/C22H29N3O4S/c1-17-6-3-4-7-20(17)24-30(27,28)21-16-19(9-8-18(21)2)22(26)23-10-5-11-25-12-14-29-15-13-25/h3-4,6-9,16,24H,5,10-15H2,1-2H3,(H,23,26). The third-order valence-corrected chi connectivity index (χ3v) is 6.68. The van der Waals surface area contributed by atoms with Gasteiger partial charge in [0.05, 0.1) is 23.8 Å². The fraction of sp³-hybridized carbons (Fsp3) is 0.409. The summed E-state index contributed by atoms with van der Waals surface area (Å²) in [6.07, 6.45) is 0.831. The first kappa shape index (κ1) is 22.3. The van der Waals surface area contributed by atoms with Crippen LogP contribution in [0.4, 0.5) is 5.69 Å². The number of sulfonamides is 1. The molecule has 7 nitrogen and oxygen atoms in total. The molecular weight excluding hydrogens is 402 g/mol. The van der Waals surface area contributed by atoms with Gasteiger partial charge in [-0.05, 0) is 56.1 Å². The lowest BCUT2D eigenvalue weighted by Gasteiger charge is -2.26. The number of ether oxygens (including phenoxy) is 1. The van der Waals surface area contributed by atoms with Crippen molar-refractivity contribution in [3.8, 4) is 0 Å². The molecule has 1 aliphatic heterocycles. The van der Waals surface area contributed by atoms with Gasteiger partial charge in [-0.3, -0.25) is 14.4 Å². The Morgan fingerprint density at radius 1 is 1.07 bits per heavy atom. The molecule has 1 fully saturated rings. The van der Waals surface area contributed by atoms with Gasteiger partial charge >= 0.3 is 0 Å². The number of anilines is 1. The molecule has 0 radical (unpaired) electrons. The van der Waals surface area contributed by atoms with Crippen molar-refractivity contribution in [3.05, 3.63) is 59.2 Å². The molecule has 2 aromatic rings. The number of morpholine rings is 1. The fourth-order valence-electron chi connectivity index (χ4n) is 3.35. The molecule has 1 heterocycles. The minimum atomic E-state index is -3.81. The molecule has 0 spiro atoms. The fourth-order valence-corrected chi connectivity index (χ4v) is 4.75. The minimum Gasteiger partial charge on any atom is -0.379 e. The van der Waals surface area contributed by atoms with Gasteiger partial charge in [-0.1, -0.05) is 24.3 Å². The number of carbonyl (C=O) groups excluding carboxylic acids is 1. The molecule has 0 unspecified atom stereocenters. The number of hydrogen-bond acceptors (Lipinski definition) is 5. The largest absolute Gasteiger partial charge is 0.379 e. The number of para-hydroxylation sites is 1. The number of amides is 1. The van der Waals surface area contributed by atoms with Crippen molar-refractivity contribution in [2.24, 2.45) is 0 Å². The molecule has 30 heavy (non-hydrogen) atoms. The molecule has 1 saturated heterocycles. The second kappa shape index (κ2) is 10.1. The molecule has 1 aliphatic rings. The van der Waals surface area contributed by atoms with Gasteiger partial charge < -0.3 is 10.1 Å². The van der Waals surface area contributed by atoms with Crippen LogP contribution >= 0.6 is 0 Å². The Kier molecular flexibility index (Phi) is 7.47. The Bertz CT molecular complexity index is 986. The van der Waals surface area contributed by atoms with Crippen LogP contribution in [-0.2, 0) is 14.8 Å². The summed E-state index contributed by atoms with van der Waals surface area (Å²) in [5.74, 6) is -0.274. The van der Waals surface area contributed by atoms with E-state index in [0.29, 0.717) is 23.4 Å². The van der Waals surface area contributed by atoms with Gasteiger partial charge in [-0.2, -0.15) is 0 Å². The summed E-state index contributed by atoms with van der Waals surface area (Å²) in [7, 11) is -3.81. The smallest absolute Gasteiger partial charge is 0.262 e. The van der Waals surface area contributed by atoms with E-state index in [1.165, 1.54) is 6.07 Å². The van der Waals surface area contributed by atoms with Gasteiger partial charge in [0.15, 0.2) is 0 Å². The third kappa shape index (κ3) is 5.81. The minimum absolute atomic E-state index is 0.103. The van der Waals surface area contributed by atoms with Crippen LogP contribution in [0.5, 0.6) is 0 Å². The molecule has 0 aromatic heterocycles. The Balaban J connectivity index is 1.63. The zero-order valence-corrected chi connectivity index (χ0v) is 18.3. The van der Waals surface area contributed by atoms with E-state index in [4.69, 9.17) is 4.74 Å². The first-order valence-electron chi connectivity index (χ1n) is 10.1. The molecule has 3 rings (SSSR count). The van der Waals surface area contributed by atoms with Gasteiger partial charge in [-0.25, -0.2) is 8.42 Å². The number of benzene rings is 2. The van der Waals surface area contributed by atoms with E-state index in [1.807, 2.05) is 19.1 Å².